The molecule has 0 aliphatic heterocycles. The Morgan fingerprint density at radius 1 is 1.17 bits per heavy atom. The summed E-state index contributed by atoms with van der Waals surface area (Å²) in [5.41, 5.74) is 7.66. The molecule has 0 saturated carbocycles. The zero-order chi connectivity index (χ0) is 13.1. The van der Waals surface area contributed by atoms with Crippen LogP contribution in [0.3, 0.4) is 0 Å². The summed E-state index contributed by atoms with van der Waals surface area (Å²) in [5, 5.41) is 0. The van der Waals surface area contributed by atoms with Crippen LogP contribution in [-0.2, 0) is 6.42 Å². The van der Waals surface area contributed by atoms with E-state index in [1.165, 1.54) is 12.1 Å². The van der Waals surface area contributed by atoms with Crippen LogP contribution in [0.2, 0.25) is 0 Å². The molecule has 0 unspecified atom stereocenters. The Kier molecular flexibility index (Phi) is 3.55. The van der Waals surface area contributed by atoms with Crippen LogP contribution in [0.5, 0.6) is 0 Å². The van der Waals surface area contributed by atoms with Crippen molar-refractivity contribution in [2.75, 3.05) is 5.73 Å². The highest BCUT2D eigenvalue weighted by atomic mass is 19.1. The number of benzene rings is 1. The van der Waals surface area contributed by atoms with E-state index in [4.69, 9.17) is 5.73 Å². The average Bonchev–Trinajstić information content (AvgIpc) is 2.31. The predicted molar refractivity (Wildman–Crippen MR) is 69.7 cm³/mol. The van der Waals surface area contributed by atoms with Gasteiger partial charge in [-0.05, 0) is 23.6 Å². The summed E-state index contributed by atoms with van der Waals surface area (Å²) in [6.45, 7) is 4.12. The number of halogens is 1. The van der Waals surface area contributed by atoms with Crippen molar-refractivity contribution >= 4 is 5.82 Å². The van der Waals surface area contributed by atoms with Crippen LogP contribution in [0.4, 0.5) is 10.2 Å². The Hall–Kier alpha value is -1.97. The number of hydrogen-bond donors (Lipinski definition) is 1. The molecule has 3 nitrogen and oxygen atoms in total. The van der Waals surface area contributed by atoms with E-state index >= 15 is 0 Å². The molecule has 2 rings (SSSR count). The van der Waals surface area contributed by atoms with E-state index in [0.29, 0.717) is 24.0 Å². The Balaban J connectivity index is 2.26. The monoisotopic (exact) mass is 245 g/mol. The maximum atomic E-state index is 12.8. The van der Waals surface area contributed by atoms with Gasteiger partial charge in [-0.3, -0.25) is 0 Å². The maximum Gasteiger partial charge on any atom is 0.135 e. The first-order valence-corrected chi connectivity index (χ1v) is 5.92. The molecular formula is C14H16FN3. The van der Waals surface area contributed by atoms with Crippen molar-refractivity contribution in [3.05, 3.63) is 53.2 Å². The second-order valence-corrected chi connectivity index (χ2v) is 4.59. The third-order valence-corrected chi connectivity index (χ3v) is 2.68. The minimum atomic E-state index is -0.241. The third-order valence-electron chi connectivity index (χ3n) is 2.68. The third kappa shape index (κ3) is 3.03. The number of nitrogens with zero attached hydrogens (tertiary/aromatic N) is 2. The smallest absolute Gasteiger partial charge is 0.135 e. The summed E-state index contributed by atoms with van der Waals surface area (Å²) in [4.78, 5) is 8.67. The van der Waals surface area contributed by atoms with Crippen molar-refractivity contribution in [3.63, 3.8) is 0 Å². The molecule has 94 valence electrons. The number of anilines is 1. The van der Waals surface area contributed by atoms with Crippen LogP contribution < -0.4 is 5.73 Å². The molecule has 0 fully saturated rings. The van der Waals surface area contributed by atoms with Gasteiger partial charge < -0.3 is 5.73 Å². The Labute approximate surface area is 106 Å². The molecule has 0 radical (unpaired) electrons. The minimum absolute atomic E-state index is 0.241. The molecule has 1 heterocycles. The van der Waals surface area contributed by atoms with Gasteiger partial charge in [0, 0.05) is 18.2 Å². The molecule has 4 heteroatoms. The first kappa shape index (κ1) is 12.5. The summed E-state index contributed by atoms with van der Waals surface area (Å²) in [7, 11) is 0. The molecule has 2 aromatic rings. The Morgan fingerprint density at radius 2 is 1.83 bits per heavy atom. The van der Waals surface area contributed by atoms with E-state index in [-0.39, 0.29) is 5.82 Å². The molecule has 18 heavy (non-hydrogen) atoms. The van der Waals surface area contributed by atoms with E-state index < -0.39 is 0 Å². The number of aromatic nitrogens is 2. The van der Waals surface area contributed by atoms with Crippen LogP contribution in [0.15, 0.2) is 30.3 Å². The van der Waals surface area contributed by atoms with Gasteiger partial charge in [0.25, 0.3) is 0 Å². The van der Waals surface area contributed by atoms with E-state index in [1.807, 2.05) is 0 Å². The minimum Gasteiger partial charge on any atom is -0.384 e. The first-order valence-electron chi connectivity index (χ1n) is 5.92. The lowest BCUT2D eigenvalue weighted by Gasteiger charge is -2.08. The van der Waals surface area contributed by atoms with Gasteiger partial charge in [0.15, 0.2) is 0 Å². The molecular weight excluding hydrogens is 229 g/mol. The SMILES string of the molecule is CC(C)c1cc(N)nc(Cc2ccc(F)cc2)n1. The number of nitrogens with two attached hydrogens (primary N) is 1. The summed E-state index contributed by atoms with van der Waals surface area (Å²) in [6.07, 6.45) is 0.561. The van der Waals surface area contributed by atoms with Crippen molar-refractivity contribution < 1.29 is 4.39 Å². The van der Waals surface area contributed by atoms with Crippen molar-refractivity contribution in [3.8, 4) is 0 Å². The molecule has 0 saturated heterocycles. The van der Waals surface area contributed by atoms with Crippen LogP contribution in [0, 0.1) is 5.82 Å². The van der Waals surface area contributed by atoms with Gasteiger partial charge in [0.1, 0.15) is 17.5 Å². The molecule has 0 atom stereocenters. The molecule has 2 N–H and O–H groups in total. The summed E-state index contributed by atoms with van der Waals surface area (Å²) >= 11 is 0. The molecule has 0 aliphatic carbocycles. The fraction of sp³-hybridized carbons (Fsp3) is 0.286. The highest BCUT2D eigenvalue weighted by Crippen LogP contribution is 2.15. The van der Waals surface area contributed by atoms with Crippen molar-refractivity contribution in [2.24, 2.45) is 0 Å². The molecule has 0 amide bonds. The van der Waals surface area contributed by atoms with E-state index in [2.05, 4.69) is 23.8 Å². The highest BCUT2D eigenvalue weighted by molar-refractivity contribution is 5.32. The second kappa shape index (κ2) is 5.12. The van der Waals surface area contributed by atoms with Crippen LogP contribution >= 0.6 is 0 Å². The molecule has 1 aromatic heterocycles. The normalized spacial score (nSPS) is 10.9. The lowest BCUT2D eigenvalue weighted by Crippen LogP contribution is -2.05. The van der Waals surface area contributed by atoms with Crippen LogP contribution in [0.1, 0.15) is 36.8 Å². The van der Waals surface area contributed by atoms with Crippen LogP contribution in [-0.4, -0.2) is 9.97 Å². The second-order valence-electron chi connectivity index (χ2n) is 4.59. The van der Waals surface area contributed by atoms with Gasteiger partial charge in [0.05, 0.1) is 0 Å². The van der Waals surface area contributed by atoms with Crippen molar-refractivity contribution in [1.82, 2.24) is 9.97 Å². The Bertz CT molecular complexity index is 535. The van der Waals surface area contributed by atoms with E-state index in [9.17, 15) is 4.39 Å². The molecule has 1 aromatic carbocycles. The fourth-order valence-corrected chi connectivity index (χ4v) is 1.70. The van der Waals surface area contributed by atoms with Crippen molar-refractivity contribution in [1.29, 1.82) is 0 Å². The summed E-state index contributed by atoms with van der Waals surface area (Å²) in [6, 6.07) is 8.13. The Morgan fingerprint density at radius 3 is 2.44 bits per heavy atom. The standard InChI is InChI=1S/C14H16FN3/c1-9(2)12-8-13(16)18-14(17-12)7-10-3-5-11(15)6-4-10/h3-6,8-9H,7H2,1-2H3,(H2,16,17,18). The number of hydrogen-bond acceptors (Lipinski definition) is 3. The van der Waals surface area contributed by atoms with Gasteiger partial charge >= 0.3 is 0 Å². The zero-order valence-electron chi connectivity index (χ0n) is 10.5. The van der Waals surface area contributed by atoms with Gasteiger partial charge in [-0.1, -0.05) is 26.0 Å². The summed E-state index contributed by atoms with van der Waals surface area (Å²) < 4.78 is 12.8. The summed E-state index contributed by atoms with van der Waals surface area (Å²) in [5.74, 6) is 1.22. The lowest BCUT2D eigenvalue weighted by molar-refractivity contribution is 0.627. The average molecular weight is 245 g/mol. The van der Waals surface area contributed by atoms with Crippen LogP contribution in [0.25, 0.3) is 0 Å². The largest absolute Gasteiger partial charge is 0.384 e. The van der Waals surface area contributed by atoms with E-state index in [1.54, 1.807) is 18.2 Å². The topological polar surface area (TPSA) is 51.8 Å². The van der Waals surface area contributed by atoms with Gasteiger partial charge in [-0.15, -0.1) is 0 Å². The molecule has 0 aliphatic rings. The van der Waals surface area contributed by atoms with E-state index in [0.717, 1.165) is 11.3 Å². The van der Waals surface area contributed by atoms with Gasteiger partial charge in [0.2, 0.25) is 0 Å². The quantitative estimate of drug-likeness (QED) is 0.904. The first-order chi connectivity index (χ1) is 8.54. The predicted octanol–water partition coefficient (Wildman–Crippen LogP) is 2.91. The maximum absolute atomic E-state index is 12.8. The molecule has 0 bridgehead atoms. The highest BCUT2D eigenvalue weighted by Gasteiger charge is 2.07. The number of nitrogen functional groups attached to an aromatic ring is 1. The van der Waals surface area contributed by atoms with Gasteiger partial charge in [-0.2, -0.15) is 0 Å². The fourth-order valence-electron chi connectivity index (χ4n) is 1.70. The van der Waals surface area contributed by atoms with Gasteiger partial charge in [-0.25, -0.2) is 14.4 Å². The number of rotatable bonds is 3. The lowest BCUT2D eigenvalue weighted by atomic mass is 10.1. The zero-order valence-corrected chi connectivity index (χ0v) is 10.5. The van der Waals surface area contributed by atoms with Crippen molar-refractivity contribution in [2.45, 2.75) is 26.2 Å². The molecule has 0 spiro atoms.